The Balaban J connectivity index is 2.81. The minimum atomic E-state index is -0.201. The molecule has 6 heteroatoms. The van der Waals surface area contributed by atoms with E-state index in [0.29, 0.717) is 11.6 Å². The molecule has 1 unspecified atom stereocenters. The fourth-order valence-corrected chi connectivity index (χ4v) is 2.64. The van der Waals surface area contributed by atoms with Gasteiger partial charge in [0, 0.05) is 17.7 Å². The lowest BCUT2D eigenvalue weighted by molar-refractivity contribution is -0.116. The monoisotopic (exact) mass is 243 g/mol. The number of hydrogen-bond donors (Lipinski definition) is 1. The zero-order valence-corrected chi connectivity index (χ0v) is 10.8. The van der Waals surface area contributed by atoms with Crippen LogP contribution in [0.2, 0.25) is 0 Å². The molecule has 1 rings (SSSR count). The molecule has 5 nitrogen and oxygen atoms in total. The summed E-state index contributed by atoms with van der Waals surface area (Å²) in [7, 11) is 0. The van der Waals surface area contributed by atoms with Crippen molar-refractivity contribution in [3.8, 4) is 0 Å². The summed E-state index contributed by atoms with van der Waals surface area (Å²) in [5.74, 6) is 0.147. The molecule has 0 aliphatic rings. The van der Waals surface area contributed by atoms with Crippen molar-refractivity contribution in [2.24, 2.45) is 0 Å². The molecule has 0 bridgehead atoms. The van der Waals surface area contributed by atoms with Gasteiger partial charge in [-0.15, -0.1) is 5.10 Å². The third-order valence-electron chi connectivity index (χ3n) is 2.07. The number of H-pyrrole nitrogens is 1. The first-order valence-electron chi connectivity index (χ1n) is 5.24. The molecule has 90 valence electrons. The van der Waals surface area contributed by atoms with Crippen molar-refractivity contribution in [2.75, 3.05) is 0 Å². The van der Waals surface area contributed by atoms with Crippen molar-refractivity contribution in [2.45, 2.75) is 50.6 Å². The van der Waals surface area contributed by atoms with Crippen LogP contribution >= 0.6 is 11.8 Å². The van der Waals surface area contributed by atoms with Crippen LogP contribution in [-0.4, -0.2) is 25.8 Å². The van der Waals surface area contributed by atoms with Crippen molar-refractivity contribution in [1.82, 2.24) is 14.8 Å². The Hall–Kier alpha value is -1.04. The minimum Gasteiger partial charge on any atom is -0.300 e. The molecule has 0 spiro atoms. The van der Waals surface area contributed by atoms with Crippen LogP contribution in [0.15, 0.2) is 9.95 Å². The number of nitrogens with one attached hydrogen (secondary N) is 1. The van der Waals surface area contributed by atoms with Crippen LogP contribution in [0.3, 0.4) is 0 Å². The smallest absolute Gasteiger partial charge is 0.300 e. The van der Waals surface area contributed by atoms with Gasteiger partial charge in [0.25, 0.3) is 0 Å². The average Bonchev–Trinajstić information content (AvgIpc) is 2.45. The number of rotatable bonds is 5. The summed E-state index contributed by atoms with van der Waals surface area (Å²) < 4.78 is 1.60. The zero-order chi connectivity index (χ0) is 12.3. The number of ketones is 1. The molecule has 1 aromatic rings. The van der Waals surface area contributed by atoms with Gasteiger partial charge in [0.05, 0.1) is 0 Å². The topological polar surface area (TPSA) is 67.8 Å². The molecule has 0 aliphatic heterocycles. The maximum Gasteiger partial charge on any atom is 0.344 e. The normalized spacial score (nSPS) is 13.1. The molecule has 1 heterocycles. The Labute approximate surface area is 98.6 Å². The van der Waals surface area contributed by atoms with E-state index in [9.17, 15) is 9.59 Å². The highest BCUT2D eigenvalue weighted by molar-refractivity contribution is 7.99. The maximum absolute atomic E-state index is 11.4. The third-order valence-corrected chi connectivity index (χ3v) is 3.14. The fourth-order valence-electron chi connectivity index (χ4n) is 1.46. The van der Waals surface area contributed by atoms with E-state index in [1.54, 1.807) is 11.5 Å². The summed E-state index contributed by atoms with van der Waals surface area (Å²) in [5.41, 5.74) is -0.201. The fraction of sp³-hybridized carbons (Fsp3) is 0.700. The van der Waals surface area contributed by atoms with Crippen LogP contribution in [0.4, 0.5) is 0 Å². The zero-order valence-electron chi connectivity index (χ0n) is 9.98. The first-order chi connectivity index (χ1) is 7.41. The predicted molar refractivity (Wildman–Crippen MR) is 63.8 cm³/mol. The van der Waals surface area contributed by atoms with Gasteiger partial charge < -0.3 is 0 Å². The van der Waals surface area contributed by atoms with Gasteiger partial charge in [-0.2, -0.15) is 0 Å². The van der Waals surface area contributed by atoms with Crippen LogP contribution < -0.4 is 5.69 Å². The van der Waals surface area contributed by atoms with Gasteiger partial charge in [-0.1, -0.05) is 18.7 Å². The summed E-state index contributed by atoms with van der Waals surface area (Å²) in [6.45, 7) is 7.38. The van der Waals surface area contributed by atoms with Gasteiger partial charge in [0.1, 0.15) is 5.78 Å². The summed E-state index contributed by atoms with van der Waals surface area (Å²) in [5, 5.41) is 7.17. The van der Waals surface area contributed by atoms with Crippen molar-refractivity contribution < 1.29 is 4.79 Å². The van der Waals surface area contributed by atoms with E-state index in [2.05, 4.69) is 10.2 Å². The van der Waals surface area contributed by atoms with Gasteiger partial charge in [0.2, 0.25) is 0 Å². The second kappa shape index (κ2) is 5.34. The molecule has 0 radical (unpaired) electrons. The SMILES string of the molecule is CC(=O)CC(C)Sc1n[nH]c(=O)n1C(C)C. The summed E-state index contributed by atoms with van der Waals surface area (Å²) >= 11 is 1.45. The van der Waals surface area contributed by atoms with E-state index in [0.717, 1.165) is 0 Å². The average molecular weight is 243 g/mol. The molecule has 0 fully saturated rings. The quantitative estimate of drug-likeness (QED) is 0.798. The summed E-state index contributed by atoms with van der Waals surface area (Å²) in [6.07, 6.45) is 0.490. The molecule has 0 aliphatic carbocycles. The molecule has 0 saturated heterocycles. The highest BCUT2D eigenvalue weighted by Crippen LogP contribution is 2.23. The number of nitrogens with zero attached hydrogens (tertiary/aromatic N) is 2. The van der Waals surface area contributed by atoms with Crippen molar-refractivity contribution in [1.29, 1.82) is 0 Å². The Bertz CT molecular complexity index is 422. The van der Waals surface area contributed by atoms with E-state index < -0.39 is 0 Å². The summed E-state index contributed by atoms with van der Waals surface area (Å²) in [4.78, 5) is 22.4. The van der Waals surface area contributed by atoms with Crippen LogP contribution in [0, 0.1) is 0 Å². The Morgan fingerprint density at radius 1 is 1.50 bits per heavy atom. The van der Waals surface area contributed by atoms with Crippen molar-refractivity contribution >= 4 is 17.5 Å². The Kier molecular flexibility index (Phi) is 4.35. The van der Waals surface area contributed by atoms with E-state index in [1.165, 1.54) is 11.8 Å². The third kappa shape index (κ3) is 3.23. The van der Waals surface area contributed by atoms with Crippen LogP contribution in [-0.2, 0) is 4.79 Å². The number of aromatic amines is 1. The molecular weight excluding hydrogens is 226 g/mol. The van der Waals surface area contributed by atoms with Gasteiger partial charge >= 0.3 is 5.69 Å². The summed E-state index contributed by atoms with van der Waals surface area (Å²) in [6, 6.07) is 0.0679. The van der Waals surface area contributed by atoms with Gasteiger partial charge in [-0.3, -0.25) is 9.36 Å². The Morgan fingerprint density at radius 2 is 2.12 bits per heavy atom. The van der Waals surface area contributed by atoms with Gasteiger partial charge in [-0.05, 0) is 20.8 Å². The first kappa shape index (κ1) is 13.0. The number of carbonyl (C=O) groups excluding carboxylic acids is 1. The second-order valence-corrected chi connectivity index (χ2v) is 5.52. The lowest BCUT2D eigenvalue weighted by Crippen LogP contribution is -2.20. The van der Waals surface area contributed by atoms with Crippen LogP contribution in [0.1, 0.15) is 40.2 Å². The number of hydrogen-bond acceptors (Lipinski definition) is 4. The predicted octanol–water partition coefficient (Wildman–Crippen LogP) is 1.61. The Morgan fingerprint density at radius 3 is 2.62 bits per heavy atom. The molecule has 1 aromatic heterocycles. The van der Waals surface area contributed by atoms with Crippen molar-refractivity contribution in [3.05, 3.63) is 10.5 Å². The highest BCUT2D eigenvalue weighted by atomic mass is 32.2. The number of aromatic nitrogens is 3. The van der Waals surface area contributed by atoms with Gasteiger partial charge in [0.15, 0.2) is 5.16 Å². The maximum atomic E-state index is 11.4. The number of carbonyl (C=O) groups is 1. The molecule has 0 aromatic carbocycles. The second-order valence-electron chi connectivity index (χ2n) is 4.11. The van der Waals surface area contributed by atoms with E-state index in [4.69, 9.17) is 0 Å². The largest absolute Gasteiger partial charge is 0.344 e. The highest BCUT2D eigenvalue weighted by Gasteiger charge is 2.15. The lowest BCUT2D eigenvalue weighted by Gasteiger charge is -2.11. The molecule has 0 amide bonds. The van der Waals surface area contributed by atoms with E-state index in [-0.39, 0.29) is 22.8 Å². The number of Topliss-reactive ketones (excluding diaryl/α,β-unsaturated/α-hetero) is 1. The molecule has 1 atom stereocenters. The van der Waals surface area contributed by atoms with E-state index >= 15 is 0 Å². The van der Waals surface area contributed by atoms with Crippen LogP contribution in [0.25, 0.3) is 0 Å². The minimum absolute atomic E-state index is 0.0679. The van der Waals surface area contributed by atoms with Crippen LogP contribution in [0.5, 0.6) is 0 Å². The van der Waals surface area contributed by atoms with Crippen molar-refractivity contribution in [3.63, 3.8) is 0 Å². The molecule has 0 saturated carbocycles. The molecule has 1 N–H and O–H groups in total. The molecular formula is C10H17N3O2S. The standard InChI is InChI=1S/C10H17N3O2S/c1-6(2)13-9(15)11-12-10(13)16-8(4)5-7(3)14/h6,8H,5H2,1-4H3,(H,11,15). The van der Waals surface area contributed by atoms with Gasteiger partial charge in [-0.25, -0.2) is 9.89 Å². The number of thioether (sulfide) groups is 1. The lowest BCUT2D eigenvalue weighted by atomic mass is 10.2. The molecule has 16 heavy (non-hydrogen) atoms. The van der Waals surface area contributed by atoms with E-state index in [1.807, 2.05) is 20.8 Å². The first-order valence-corrected chi connectivity index (χ1v) is 6.12.